The van der Waals surface area contributed by atoms with Crippen molar-refractivity contribution in [2.45, 2.75) is 38.6 Å². The van der Waals surface area contributed by atoms with Crippen LogP contribution in [0, 0.1) is 0 Å². The van der Waals surface area contributed by atoms with Crippen LogP contribution in [0.5, 0.6) is 5.75 Å². The molecular weight excluding hydrogens is 478 g/mol. The molecule has 2 atom stereocenters. The predicted octanol–water partition coefficient (Wildman–Crippen LogP) is 5.51. The second-order valence-corrected chi connectivity index (χ2v) is 9.25. The highest BCUT2D eigenvalue weighted by Crippen LogP contribution is 2.29. The molecule has 0 aliphatic heterocycles. The first-order valence-electron chi connectivity index (χ1n) is 13.0. The summed E-state index contributed by atoms with van der Waals surface area (Å²) in [6.07, 6.45) is 1.32. The molecule has 1 heterocycles. The molecule has 3 aromatic carbocycles. The van der Waals surface area contributed by atoms with E-state index in [9.17, 15) is 9.59 Å². The molecule has 0 aliphatic carbocycles. The maximum Gasteiger partial charge on any atom is 0.266 e. The van der Waals surface area contributed by atoms with E-state index >= 15 is 0 Å². The van der Waals surface area contributed by atoms with Gasteiger partial charge < -0.3 is 14.4 Å². The van der Waals surface area contributed by atoms with E-state index in [4.69, 9.17) is 14.5 Å². The first kappa shape index (κ1) is 27.1. The Labute approximate surface area is 223 Å². The summed E-state index contributed by atoms with van der Waals surface area (Å²) in [6, 6.07) is 24.0. The zero-order valence-corrected chi connectivity index (χ0v) is 22.5. The van der Waals surface area contributed by atoms with E-state index in [2.05, 4.69) is 0 Å². The summed E-state index contributed by atoms with van der Waals surface area (Å²) in [5.41, 5.74) is 2.06. The van der Waals surface area contributed by atoms with Crippen LogP contribution < -0.4 is 10.3 Å². The van der Waals surface area contributed by atoms with E-state index in [1.54, 1.807) is 24.9 Å². The fraction of sp³-hybridized carbons (Fsp3) is 0.323. The number of fused-ring (bicyclic) bond motifs is 1. The van der Waals surface area contributed by atoms with Gasteiger partial charge in [-0.2, -0.15) is 0 Å². The van der Waals surface area contributed by atoms with Crippen LogP contribution in [0.1, 0.15) is 50.0 Å². The van der Waals surface area contributed by atoms with Crippen LogP contribution in [0.15, 0.2) is 83.7 Å². The second-order valence-electron chi connectivity index (χ2n) is 9.25. The summed E-state index contributed by atoms with van der Waals surface area (Å²) in [6.45, 7) is 4.96. The molecule has 1 aromatic heterocycles. The molecule has 4 rings (SSSR count). The van der Waals surface area contributed by atoms with Crippen molar-refractivity contribution in [2.75, 3.05) is 27.4 Å². The van der Waals surface area contributed by atoms with Gasteiger partial charge in [0.15, 0.2) is 0 Å². The molecule has 0 aliphatic rings. The second kappa shape index (κ2) is 12.5. The van der Waals surface area contributed by atoms with E-state index in [0.29, 0.717) is 54.2 Å². The Morgan fingerprint density at radius 3 is 2.32 bits per heavy atom. The van der Waals surface area contributed by atoms with Crippen molar-refractivity contribution in [1.82, 2.24) is 14.5 Å². The summed E-state index contributed by atoms with van der Waals surface area (Å²) in [5, 5.41) is 0.521. The van der Waals surface area contributed by atoms with Crippen molar-refractivity contribution >= 4 is 16.8 Å². The van der Waals surface area contributed by atoms with Crippen LogP contribution in [0.25, 0.3) is 16.6 Å². The van der Waals surface area contributed by atoms with Crippen molar-refractivity contribution in [3.63, 3.8) is 0 Å². The lowest BCUT2D eigenvalue weighted by atomic mass is 9.94. The third-order valence-electron chi connectivity index (χ3n) is 6.91. The van der Waals surface area contributed by atoms with Crippen LogP contribution in [0.4, 0.5) is 0 Å². The van der Waals surface area contributed by atoms with Crippen molar-refractivity contribution < 1.29 is 14.3 Å². The fourth-order valence-corrected chi connectivity index (χ4v) is 4.86. The van der Waals surface area contributed by atoms with Crippen molar-refractivity contribution in [3.8, 4) is 11.4 Å². The minimum absolute atomic E-state index is 0.00555. The zero-order valence-electron chi connectivity index (χ0n) is 22.5. The highest BCUT2D eigenvalue weighted by molar-refractivity contribution is 5.84. The molecule has 0 N–H and O–H groups in total. The monoisotopic (exact) mass is 513 g/mol. The number of ether oxygens (including phenoxy) is 2. The normalized spacial score (nSPS) is 12.7. The summed E-state index contributed by atoms with van der Waals surface area (Å²) in [5.74, 6) is 0.900. The Bertz CT molecular complexity index is 1420. The number of rotatable bonds is 11. The lowest BCUT2D eigenvalue weighted by Gasteiger charge is -2.33. The number of amides is 1. The van der Waals surface area contributed by atoms with Gasteiger partial charge in [0.1, 0.15) is 11.6 Å². The molecule has 0 saturated heterocycles. The smallest absolute Gasteiger partial charge is 0.266 e. The summed E-state index contributed by atoms with van der Waals surface area (Å²) in [7, 11) is 3.26. The van der Waals surface area contributed by atoms with Gasteiger partial charge in [0.25, 0.3) is 5.56 Å². The number of carbonyl (C=O) groups excluding carboxylic acids is 1. The molecular formula is C31H35N3O4. The summed E-state index contributed by atoms with van der Waals surface area (Å²) < 4.78 is 12.2. The number of nitrogens with zero attached hydrogens (tertiary/aromatic N) is 3. The highest BCUT2D eigenvalue weighted by atomic mass is 16.5. The predicted molar refractivity (Wildman–Crippen MR) is 150 cm³/mol. The number of methoxy groups -OCH3 is 2. The quantitative estimate of drug-likeness (QED) is 0.247. The first-order valence-corrected chi connectivity index (χ1v) is 13.0. The first-order chi connectivity index (χ1) is 18.5. The summed E-state index contributed by atoms with van der Waals surface area (Å²) >= 11 is 0. The third kappa shape index (κ3) is 5.63. The van der Waals surface area contributed by atoms with E-state index in [-0.39, 0.29) is 17.4 Å². The maximum absolute atomic E-state index is 14.1. The van der Waals surface area contributed by atoms with Crippen molar-refractivity contribution in [1.29, 1.82) is 0 Å². The molecule has 1 amide bonds. The zero-order chi connectivity index (χ0) is 27.1. The van der Waals surface area contributed by atoms with Crippen LogP contribution in [0.3, 0.4) is 0 Å². The minimum atomic E-state index is -0.475. The van der Waals surface area contributed by atoms with Crippen molar-refractivity contribution in [3.05, 3.63) is 101 Å². The Kier molecular flexibility index (Phi) is 8.92. The highest BCUT2D eigenvalue weighted by Gasteiger charge is 2.31. The minimum Gasteiger partial charge on any atom is -0.497 e. The molecule has 0 spiro atoms. The molecule has 7 heteroatoms. The van der Waals surface area contributed by atoms with Gasteiger partial charge in [0, 0.05) is 20.3 Å². The van der Waals surface area contributed by atoms with Gasteiger partial charge in [0.05, 0.1) is 35.7 Å². The van der Waals surface area contributed by atoms with E-state index in [1.807, 2.05) is 91.5 Å². The Morgan fingerprint density at radius 2 is 1.66 bits per heavy atom. The third-order valence-corrected chi connectivity index (χ3v) is 6.91. The van der Waals surface area contributed by atoms with Crippen LogP contribution in [-0.2, 0) is 9.53 Å². The van der Waals surface area contributed by atoms with Gasteiger partial charge in [0.2, 0.25) is 5.91 Å². The maximum atomic E-state index is 14.1. The average Bonchev–Trinajstić information content (AvgIpc) is 2.96. The summed E-state index contributed by atoms with van der Waals surface area (Å²) in [4.78, 5) is 34.8. The number of para-hydroxylation sites is 1. The lowest BCUT2D eigenvalue weighted by molar-refractivity contribution is -0.135. The Hall–Kier alpha value is -3.97. The van der Waals surface area contributed by atoms with E-state index in [1.165, 1.54) is 0 Å². The molecule has 0 bridgehead atoms. The Morgan fingerprint density at radius 1 is 0.974 bits per heavy atom. The van der Waals surface area contributed by atoms with Gasteiger partial charge in [-0.25, -0.2) is 4.98 Å². The molecule has 2 unspecified atom stereocenters. The number of benzene rings is 3. The standard InChI is InChI=1S/C31H35N3O4/c1-5-26(23-12-7-6-8-13-23)30(35)33(20-11-21-37-3)22(2)29-32-28-15-10-9-14-27(28)31(36)34(29)24-16-18-25(38-4)19-17-24/h6-10,12-19,22,26H,5,11,20-21H2,1-4H3. The lowest BCUT2D eigenvalue weighted by Crippen LogP contribution is -2.40. The average molecular weight is 514 g/mol. The SMILES string of the molecule is CCC(C(=O)N(CCCOC)C(C)c1nc2ccccc2c(=O)n1-c1ccc(OC)cc1)c1ccccc1. The van der Waals surface area contributed by atoms with Gasteiger partial charge in [-0.15, -0.1) is 0 Å². The largest absolute Gasteiger partial charge is 0.497 e. The number of carbonyl (C=O) groups is 1. The number of hydrogen-bond acceptors (Lipinski definition) is 5. The molecule has 38 heavy (non-hydrogen) atoms. The van der Waals surface area contributed by atoms with Crippen molar-refractivity contribution in [2.24, 2.45) is 0 Å². The number of aromatic nitrogens is 2. The Balaban J connectivity index is 1.86. The molecule has 0 fully saturated rings. The van der Waals surface area contributed by atoms with Gasteiger partial charge in [-0.05, 0) is 61.7 Å². The number of hydrogen-bond donors (Lipinski definition) is 0. The van der Waals surface area contributed by atoms with Crippen LogP contribution in [-0.4, -0.2) is 47.7 Å². The van der Waals surface area contributed by atoms with E-state index in [0.717, 1.165) is 5.56 Å². The van der Waals surface area contributed by atoms with Gasteiger partial charge in [-0.1, -0.05) is 49.4 Å². The van der Waals surface area contributed by atoms with E-state index < -0.39 is 6.04 Å². The van der Waals surface area contributed by atoms with Gasteiger partial charge >= 0.3 is 0 Å². The molecule has 4 aromatic rings. The van der Waals surface area contributed by atoms with Gasteiger partial charge in [-0.3, -0.25) is 14.2 Å². The molecule has 7 nitrogen and oxygen atoms in total. The fourth-order valence-electron chi connectivity index (χ4n) is 4.86. The molecule has 0 radical (unpaired) electrons. The topological polar surface area (TPSA) is 73.7 Å². The molecule has 0 saturated carbocycles. The molecule has 198 valence electrons. The van der Waals surface area contributed by atoms with Crippen LogP contribution in [0.2, 0.25) is 0 Å². The van der Waals surface area contributed by atoms with Crippen LogP contribution >= 0.6 is 0 Å².